The van der Waals surface area contributed by atoms with Crippen LogP contribution in [0.1, 0.15) is 188 Å². The monoisotopic (exact) mass is 971 g/mol. The van der Waals surface area contributed by atoms with Crippen molar-refractivity contribution in [3.05, 3.63) is 109 Å². The molecule has 386 valence electrons. The number of aliphatic hydroxyl groups is 1. The lowest BCUT2D eigenvalue weighted by Gasteiger charge is -2.21. The number of phosphoric acid groups is 1. The number of carbonyl (C=O) groups excluding carboxylic acids is 3. The number of hydrogen-bond acceptors (Lipinski definition) is 10. The molecule has 2 N–H and O–H groups in total. The van der Waals surface area contributed by atoms with Crippen LogP contribution in [0.3, 0.4) is 0 Å². The van der Waals surface area contributed by atoms with E-state index < -0.39 is 57.8 Å². The molecule has 3 atom stereocenters. The zero-order chi connectivity index (χ0) is 49.9. The van der Waals surface area contributed by atoms with Gasteiger partial charge >= 0.3 is 25.7 Å². The van der Waals surface area contributed by atoms with Crippen molar-refractivity contribution in [3.8, 4) is 0 Å². The summed E-state index contributed by atoms with van der Waals surface area (Å²) in [5.41, 5.74) is 0. The Balaban J connectivity index is 4.90. The average Bonchev–Trinajstić information content (AvgIpc) is 3.32. The van der Waals surface area contributed by atoms with E-state index in [1.54, 1.807) is 0 Å². The molecular weight excluding hydrogens is 880 g/mol. The molecule has 0 spiro atoms. The maximum absolute atomic E-state index is 12.8. The smallest absolute Gasteiger partial charge is 0.462 e. The molecule has 0 heterocycles. The largest absolute Gasteiger partial charge is 0.472 e. The highest BCUT2D eigenvalue weighted by Gasteiger charge is 2.28. The summed E-state index contributed by atoms with van der Waals surface area (Å²) in [5, 5.41) is 9.75. The minimum atomic E-state index is -4.78. The maximum Gasteiger partial charge on any atom is 0.472 e. The van der Waals surface area contributed by atoms with Crippen LogP contribution in [0.15, 0.2) is 109 Å². The van der Waals surface area contributed by atoms with Gasteiger partial charge < -0.3 is 24.2 Å². The lowest BCUT2D eigenvalue weighted by atomic mass is 10.1. The number of allylic oxidation sites excluding steroid dienone is 18. The molecule has 0 aliphatic heterocycles. The minimum absolute atomic E-state index is 0.0344. The fourth-order valence-electron chi connectivity index (χ4n) is 6.32. The third-order valence-corrected chi connectivity index (χ3v) is 11.1. The molecule has 0 radical (unpaired) electrons. The van der Waals surface area contributed by atoms with Gasteiger partial charge in [-0.15, -0.1) is 0 Å². The number of ether oxygens (including phenoxy) is 3. The average molecular weight is 971 g/mol. The first-order chi connectivity index (χ1) is 33.2. The van der Waals surface area contributed by atoms with Gasteiger partial charge in [0.15, 0.2) is 6.10 Å². The number of carbonyl (C=O) groups is 3. The molecule has 0 fully saturated rings. The summed E-state index contributed by atoms with van der Waals surface area (Å²) in [4.78, 5) is 48.2. The number of rotatable bonds is 46. The standard InChI is InChI=1S/C56H91O11P/c1-4-7-10-13-16-19-22-25-26-29-30-33-36-39-42-45-54(58)63-49-53(67-56(60)47-44-41-38-35-32-28-24-21-18-15-12-9-6-3)51-65-68(61,62)64-50-52(48-57)66-55(59)46-43-40-37-34-31-27-23-20-17-14-11-8-5-2/h8-9,11-12,17-18,20-21,25-28,31-32,37-38,40-41,52-53,57H,4-7,10,13-16,19,22-24,29-30,33-36,39,42-51H2,1-3H3,(H,61,62)/b11-8-,12-9-,20-17-,21-18-,26-25-,31-27-,32-28-,40-37-,41-38-. The summed E-state index contributed by atoms with van der Waals surface area (Å²) in [6, 6.07) is 0. The first kappa shape index (κ1) is 64.1. The third-order valence-electron chi connectivity index (χ3n) is 10.2. The van der Waals surface area contributed by atoms with Crippen LogP contribution in [0.5, 0.6) is 0 Å². The molecule has 12 heteroatoms. The first-order valence-corrected chi connectivity index (χ1v) is 27.3. The van der Waals surface area contributed by atoms with Crippen LogP contribution in [0.25, 0.3) is 0 Å². The zero-order valence-corrected chi connectivity index (χ0v) is 43.2. The van der Waals surface area contributed by atoms with Crippen LogP contribution >= 0.6 is 7.82 Å². The molecule has 0 bridgehead atoms. The van der Waals surface area contributed by atoms with Crippen LogP contribution in [0, 0.1) is 0 Å². The normalized spacial score (nSPS) is 14.4. The Morgan fingerprint density at radius 2 is 0.794 bits per heavy atom. The van der Waals surface area contributed by atoms with Gasteiger partial charge in [0.1, 0.15) is 12.7 Å². The molecule has 0 aromatic heterocycles. The van der Waals surface area contributed by atoms with Crippen molar-refractivity contribution in [3.63, 3.8) is 0 Å². The van der Waals surface area contributed by atoms with Crippen LogP contribution in [-0.4, -0.2) is 66.5 Å². The van der Waals surface area contributed by atoms with Crippen molar-refractivity contribution in [2.45, 2.75) is 200 Å². The summed E-state index contributed by atoms with van der Waals surface area (Å²) < 4.78 is 39.1. The highest BCUT2D eigenvalue weighted by atomic mass is 31.2. The molecule has 3 unspecified atom stereocenters. The Kier molecular flexibility index (Phi) is 46.7. The second kappa shape index (κ2) is 49.6. The predicted molar refractivity (Wildman–Crippen MR) is 279 cm³/mol. The quantitative estimate of drug-likeness (QED) is 0.0197. The van der Waals surface area contributed by atoms with E-state index in [0.717, 1.165) is 89.9 Å². The van der Waals surface area contributed by atoms with Gasteiger partial charge in [-0.3, -0.25) is 23.4 Å². The van der Waals surface area contributed by atoms with E-state index in [4.69, 9.17) is 23.3 Å². The Bertz CT molecular complexity index is 1550. The van der Waals surface area contributed by atoms with E-state index in [0.29, 0.717) is 19.3 Å². The lowest BCUT2D eigenvalue weighted by molar-refractivity contribution is -0.161. The second-order valence-electron chi connectivity index (χ2n) is 16.6. The van der Waals surface area contributed by atoms with Crippen LogP contribution in [-0.2, 0) is 42.2 Å². The van der Waals surface area contributed by atoms with E-state index in [-0.39, 0.29) is 25.9 Å². The maximum atomic E-state index is 12.8. The van der Waals surface area contributed by atoms with E-state index in [9.17, 15) is 28.9 Å². The van der Waals surface area contributed by atoms with Gasteiger partial charge in [0.25, 0.3) is 0 Å². The number of hydrogen-bond donors (Lipinski definition) is 2. The number of unbranched alkanes of at least 4 members (excludes halogenated alkanes) is 11. The molecular formula is C56H91O11P. The lowest BCUT2D eigenvalue weighted by Crippen LogP contribution is -2.30. The summed E-state index contributed by atoms with van der Waals surface area (Å²) in [6.45, 7) is 4.19. The molecule has 0 rings (SSSR count). The fraction of sp³-hybridized carbons (Fsp3) is 0.625. The van der Waals surface area contributed by atoms with Crippen molar-refractivity contribution >= 4 is 25.7 Å². The van der Waals surface area contributed by atoms with Crippen molar-refractivity contribution in [2.24, 2.45) is 0 Å². The molecule has 0 aromatic carbocycles. The van der Waals surface area contributed by atoms with Crippen LogP contribution in [0.4, 0.5) is 0 Å². The number of phosphoric ester groups is 1. The molecule has 0 saturated carbocycles. The Morgan fingerprint density at radius 3 is 1.24 bits per heavy atom. The van der Waals surface area contributed by atoms with Crippen molar-refractivity contribution < 1.29 is 52.2 Å². The third kappa shape index (κ3) is 47.2. The van der Waals surface area contributed by atoms with Crippen molar-refractivity contribution in [1.82, 2.24) is 0 Å². The van der Waals surface area contributed by atoms with Gasteiger partial charge in [-0.1, -0.05) is 182 Å². The highest BCUT2D eigenvalue weighted by Crippen LogP contribution is 2.43. The SMILES string of the molecule is CC/C=C\C/C=C\C/C=C\C/C=C\CCC(=O)OC(CO)COP(=O)(O)OCC(COC(=O)CCCCCCC/C=C\CCCCCCCC)OC(=O)CC/C=C\C/C=C\C/C=C\C/C=C\CC. The summed E-state index contributed by atoms with van der Waals surface area (Å²) in [5.74, 6) is -1.67. The van der Waals surface area contributed by atoms with E-state index in [1.807, 2.05) is 30.4 Å². The second-order valence-corrected chi connectivity index (χ2v) is 18.0. The summed E-state index contributed by atoms with van der Waals surface area (Å²) >= 11 is 0. The van der Waals surface area contributed by atoms with Gasteiger partial charge in [-0.25, -0.2) is 4.57 Å². The Labute approximate surface area is 412 Å². The van der Waals surface area contributed by atoms with E-state index >= 15 is 0 Å². The Morgan fingerprint density at radius 1 is 0.426 bits per heavy atom. The van der Waals surface area contributed by atoms with Gasteiger partial charge in [0.2, 0.25) is 0 Å². The van der Waals surface area contributed by atoms with Crippen molar-refractivity contribution in [1.29, 1.82) is 0 Å². The van der Waals surface area contributed by atoms with Gasteiger partial charge in [-0.05, 0) is 96.3 Å². The predicted octanol–water partition coefficient (Wildman–Crippen LogP) is 14.7. The van der Waals surface area contributed by atoms with E-state index in [1.165, 1.54) is 38.5 Å². The van der Waals surface area contributed by atoms with Gasteiger partial charge in [0.05, 0.1) is 19.8 Å². The molecule has 0 amide bonds. The van der Waals surface area contributed by atoms with Gasteiger partial charge in [0, 0.05) is 19.3 Å². The minimum Gasteiger partial charge on any atom is -0.462 e. The molecule has 0 saturated heterocycles. The zero-order valence-electron chi connectivity index (χ0n) is 42.3. The van der Waals surface area contributed by atoms with Crippen molar-refractivity contribution in [2.75, 3.05) is 26.4 Å². The van der Waals surface area contributed by atoms with E-state index in [2.05, 4.69) is 99.8 Å². The molecule has 0 aliphatic carbocycles. The summed E-state index contributed by atoms with van der Waals surface area (Å²) in [6.07, 6.45) is 58.1. The van der Waals surface area contributed by atoms with Crippen LogP contribution in [0.2, 0.25) is 0 Å². The molecule has 0 aliphatic rings. The summed E-state index contributed by atoms with van der Waals surface area (Å²) in [7, 11) is -4.78. The number of aliphatic hydroxyl groups excluding tert-OH is 1. The molecule has 68 heavy (non-hydrogen) atoms. The van der Waals surface area contributed by atoms with Gasteiger partial charge in [-0.2, -0.15) is 0 Å². The highest BCUT2D eigenvalue weighted by molar-refractivity contribution is 7.47. The fourth-order valence-corrected chi connectivity index (χ4v) is 7.10. The Hall–Kier alpha value is -3.86. The first-order valence-electron chi connectivity index (χ1n) is 25.8. The topological polar surface area (TPSA) is 155 Å². The molecule has 0 aromatic rings. The molecule has 11 nitrogen and oxygen atoms in total. The van der Waals surface area contributed by atoms with Crippen LogP contribution < -0.4 is 0 Å². The number of esters is 3.